The van der Waals surface area contributed by atoms with Crippen LogP contribution in [0.2, 0.25) is 5.02 Å². The third kappa shape index (κ3) is 2.92. The van der Waals surface area contributed by atoms with Gasteiger partial charge in [0.15, 0.2) is 0 Å². The van der Waals surface area contributed by atoms with E-state index in [4.69, 9.17) is 23.2 Å². The fraction of sp³-hybridized carbons (Fsp3) is 0.235. The Morgan fingerprint density at radius 1 is 1.05 bits per heavy atom. The van der Waals surface area contributed by atoms with E-state index in [2.05, 4.69) is 4.90 Å². The normalized spacial score (nSPS) is 14.7. The van der Waals surface area contributed by atoms with E-state index < -0.39 is 0 Å². The van der Waals surface area contributed by atoms with Crippen LogP contribution >= 0.6 is 23.2 Å². The number of halogens is 2. The van der Waals surface area contributed by atoms with Crippen LogP contribution in [0.3, 0.4) is 0 Å². The van der Waals surface area contributed by atoms with Crippen molar-refractivity contribution < 1.29 is 4.79 Å². The van der Waals surface area contributed by atoms with Crippen LogP contribution in [-0.2, 0) is 4.79 Å². The number of benzene rings is 2. The van der Waals surface area contributed by atoms with Gasteiger partial charge in [-0.3, -0.25) is 9.69 Å². The minimum absolute atomic E-state index is 0.0618. The number of hydrogen-bond acceptors (Lipinski definition) is 2. The van der Waals surface area contributed by atoms with Crippen molar-refractivity contribution in [2.45, 2.75) is 6.42 Å². The van der Waals surface area contributed by atoms with Crippen LogP contribution in [0, 0.1) is 0 Å². The molecule has 1 aliphatic heterocycles. The Morgan fingerprint density at radius 3 is 2.55 bits per heavy atom. The zero-order chi connectivity index (χ0) is 15.5. The van der Waals surface area contributed by atoms with E-state index in [1.807, 2.05) is 48.5 Å². The quantitative estimate of drug-likeness (QED) is 0.774. The van der Waals surface area contributed by atoms with Gasteiger partial charge in [0.1, 0.15) is 0 Å². The predicted molar refractivity (Wildman–Crippen MR) is 92.6 cm³/mol. The molecule has 0 bridgehead atoms. The smallest absolute Gasteiger partial charge is 0.233 e. The summed E-state index contributed by atoms with van der Waals surface area (Å²) in [4.78, 5) is 16.5. The molecule has 0 unspecified atom stereocenters. The second kappa shape index (κ2) is 6.59. The van der Waals surface area contributed by atoms with Gasteiger partial charge in [-0.2, -0.15) is 0 Å². The fourth-order valence-corrected chi connectivity index (χ4v) is 3.11. The second-order valence-electron chi connectivity index (χ2n) is 5.12. The van der Waals surface area contributed by atoms with Crippen LogP contribution in [0.15, 0.2) is 48.5 Å². The van der Waals surface area contributed by atoms with Crippen LogP contribution < -0.4 is 9.80 Å². The first kappa shape index (κ1) is 15.2. The van der Waals surface area contributed by atoms with Gasteiger partial charge in [0.05, 0.1) is 11.4 Å². The Labute approximate surface area is 140 Å². The topological polar surface area (TPSA) is 23.6 Å². The Bertz CT molecular complexity index is 676. The van der Waals surface area contributed by atoms with Gasteiger partial charge in [0.25, 0.3) is 0 Å². The Kier molecular flexibility index (Phi) is 4.55. The van der Waals surface area contributed by atoms with Gasteiger partial charge in [-0.1, -0.05) is 29.8 Å². The third-order valence-electron chi connectivity index (χ3n) is 3.73. The summed E-state index contributed by atoms with van der Waals surface area (Å²) < 4.78 is 0. The van der Waals surface area contributed by atoms with Crippen molar-refractivity contribution in [2.24, 2.45) is 0 Å². The lowest BCUT2D eigenvalue weighted by molar-refractivity contribution is -0.117. The molecule has 3 rings (SSSR count). The highest BCUT2D eigenvalue weighted by atomic mass is 35.5. The van der Waals surface area contributed by atoms with E-state index in [1.54, 1.807) is 4.90 Å². The summed E-state index contributed by atoms with van der Waals surface area (Å²) >= 11 is 12.1. The number of rotatable bonds is 3. The molecule has 0 spiro atoms. The maximum Gasteiger partial charge on any atom is 0.233 e. The largest absolute Gasteiger partial charge is 0.368 e. The van der Waals surface area contributed by atoms with Gasteiger partial charge >= 0.3 is 0 Å². The molecule has 1 heterocycles. The molecule has 0 fully saturated rings. The van der Waals surface area contributed by atoms with E-state index in [-0.39, 0.29) is 5.91 Å². The zero-order valence-electron chi connectivity index (χ0n) is 12.0. The van der Waals surface area contributed by atoms with Crippen LogP contribution in [0.4, 0.5) is 17.1 Å². The summed E-state index contributed by atoms with van der Waals surface area (Å²) in [6.07, 6.45) is 0.443. The summed E-state index contributed by atoms with van der Waals surface area (Å²) in [5.74, 6) is 0.577. The minimum atomic E-state index is 0.0618. The molecule has 1 amide bonds. The van der Waals surface area contributed by atoms with Crippen molar-refractivity contribution in [1.29, 1.82) is 0 Å². The summed E-state index contributed by atoms with van der Waals surface area (Å²) in [6.45, 7) is 1.36. The molecule has 0 aliphatic carbocycles. The Balaban J connectivity index is 2.14. The van der Waals surface area contributed by atoms with E-state index in [9.17, 15) is 4.79 Å². The summed E-state index contributed by atoms with van der Waals surface area (Å²) in [5.41, 5.74) is 2.65. The first-order valence-corrected chi connectivity index (χ1v) is 8.10. The lowest BCUT2D eigenvalue weighted by Crippen LogP contribution is -2.27. The minimum Gasteiger partial charge on any atom is -0.368 e. The standard InChI is InChI=1S/C17H16Cl2N2O/c18-9-11-20-10-8-17(22)21(14-4-2-1-3-5-14)16-12-13(19)6-7-15(16)20/h1-7,12H,8-11H2. The molecular weight excluding hydrogens is 319 g/mol. The zero-order valence-corrected chi connectivity index (χ0v) is 13.5. The van der Waals surface area contributed by atoms with Crippen molar-refractivity contribution in [1.82, 2.24) is 0 Å². The van der Waals surface area contributed by atoms with Gasteiger partial charge in [0, 0.05) is 36.1 Å². The van der Waals surface area contributed by atoms with Crippen LogP contribution in [0.5, 0.6) is 0 Å². The molecule has 0 saturated heterocycles. The van der Waals surface area contributed by atoms with E-state index >= 15 is 0 Å². The van der Waals surface area contributed by atoms with E-state index in [1.165, 1.54) is 0 Å². The van der Waals surface area contributed by atoms with Crippen molar-refractivity contribution in [2.75, 3.05) is 28.8 Å². The van der Waals surface area contributed by atoms with Gasteiger partial charge in [-0.05, 0) is 30.3 Å². The maximum absolute atomic E-state index is 12.7. The number of anilines is 3. The number of fused-ring (bicyclic) bond motifs is 1. The second-order valence-corrected chi connectivity index (χ2v) is 5.94. The molecule has 5 heteroatoms. The molecule has 3 nitrogen and oxygen atoms in total. The molecule has 0 saturated carbocycles. The van der Waals surface area contributed by atoms with Gasteiger partial charge < -0.3 is 4.90 Å². The average Bonchev–Trinajstić information content (AvgIpc) is 2.65. The average molecular weight is 335 g/mol. The van der Waals surface area contributed by atoms with Gasteiger partial charge in [0.2, 0.25) is 5.91 Å². The first-order valence-electron chi connectivity index (χ1n) is 7.19. The van der Waals surface area contributed by atoms with Crippen molar-refractivity contribution >= 4 is 46.2 Å². The molecule has 1 aliphatic rings. The number of alkyl halides is 1. The van der Waals surface area contributed by atoms with Crippen LogP contribution in [0.1, 0.15) is 6.42 Å². The van der Waals surface area contributed by atoms with Crippen LogP contribution in [-0.4, -0.2) is 24.9 Å². The molecule has 22 heavy (non-hydrogen) atoms. The number of nitrogens with zero attached hydrogens (tertiary/aromatic N) is 2. The SMILES string of the molecule is O=C1CCN(CCCl)c2ccc(Cl)cc2N1c1ccccc1. The summed E-state index contributed by atoms with van der Waals surface area (Å²) in [7, 11) is 0. The number of hydrogen-bond donors (Lipinski definition) is 0. The van der Waals surface area contributed by atoms with E-state index in [0.29, 0.717) is 30.4 Å². The first-order chi connectivity index (χ1) is 10.7. The Morgan fingerprint density at radius 2 is 1.82 bits per heavy atom. The summed E-state index contributed by atoms with van der Waals surface area (Å²) in [6, 6.07) is 15.3. The van der Waals surface area contributed by atoms with Gasteiger partial charge in [-0.15, -0.1) is 11.6 Å². The molecule has 0 N–H and O–H groups in total. The fourth-order valence-electron chi connectivity index (χ4n) is 2.73. The molecular formula is C17H16Cl2N2O. The number of carbonyl (C=O) groups excluding carboxylic acids is 1. The molecule has 114 valence electrons. The van der Waals surface area contributed by atoms with Crippen molar-refractivity contribution in [3.05, 3.63) is 53.6 Å². The monoisotopic (exact) mass is 334 g/mol. The van der Waals surface area contributed by atoms with Crippen molar-refractivity contribution in [3.63, 3.8) is 0 Å². The molecule has 0 atom stereocenters. The van der Waals surface area contributed by atoms with Gasteiger partial charge in [-0.25, -0.2) is 0 Å². The highest BCUT2D eigenvalue weighted by Gasteiger charge is 2.27. The molecule has 2 aromatic rings. The highest BCUT2D eigenvalue weighted by molar-refractivity contribution is 6.31. The maximum atomic E-state index is 12.7. The predicted octanol–water partition coefficient (Wildman–Crippen LogP) is 4.45. The molecule has 0 aromatic heterocycles. The van der Waals surface area contributed by atoms with Crippen LogP contribution in [0.25, 0.3) is 0 Å². The lowest BCUT2D eigenvalue weighted by Gasteiger charge is -2.26. The number of para-hydroxylation sites is 1. The highest BCUT2D eigenvalue weighted by Crippen LogP contribution is 2.39. The Hall–Kier alpha value is -1.71. The summed E-state index contributed by atoms with van der Waals surface area (Å²) in [5, 5.41) is 0.611. The molecule has 2 aromatic carbocycles. The number of amides is 1. The third-order valence-corrected chi connectivity index (χ3v) is 4.14. The van der Waals surface area contributed by atoms with E-state index in [0.717, 1.165) is 17.1 Å². The lowest BCUT2D eigenvalue weighted by atomic mass is 10.2. The number of carbonyl (C=O) groups is 1. The van der Waals surface area contributed by atoms with Crippen molar-refractivity contribution in [3.8, 4) is 0 Å². The molecule has 0 radical (unpaired) electrons.